The van der Waals surface area contributed by atoms with Crippen molar-refractivity contribution in [1.82, 2.24) is 30.0 Å². The quantitative estimate of drug-likeness (QED) is 0.739. The van der Waals surface area contributed by atoms with Gasteiger partial charge in [0.1, 0.15) is 23.4 Å². The van der Waals surface area contributed by atoms with Crippen LogP contribution in [0, 0.1) is 5.92 Å². The molecule has 1 aliphatic carbocycles. The molecule has 9 heteroatoms. The molecule has 1 aromatic carbocycles. The maximum atomic E-state index is 5.27. The van der Waals surface area contributed by atoms with Crippen molar-refractivity contribution in [2.45, 2.75) is 37.9 Å². The van der Waals surface area contributed by atoms with Gasteiger partial charge in [0.15, 0.2) is 5.84 Å². The molecule has 6 rings (SSSR count). The molecule has 3 aromatic rings. The number of amidine groups is 1. The van der Waals surface area contributed by atoms with Gasteiger partial charge in [0.25, 0.3) is 0 Å². The van der Waals surface area contributed by atoms with Crippen LogP contribution in [0.3, 0.4) is 0 Å². The summed E-state index contributed by atoms with van der Waals surface area (Å²) in [6.07, 6.45) is 10.7. The lowest BCUT2D eigenvalue weighted by Crippen LogP contribution is -2.53. The van der Waals surface area contributed by atoms with E-state index >= 15 is 0 Å². The minimum Gasteiger partial charge on any atom is -0.497 e. The molecule has 0 spiro atoms. The van der Waals surface area contributed by atoms with Crippen molar-refractivity contribution >= 4 is 11.7 Å². The van der Waals surface area contributed by atoms with Crippen molar-refractivity contribution in [3.05, 3.63) is 48.7 Å². The number of imidazole rings is 1. The van der Waals surface area contributed by atoms with Crippen LogP contribution in [0.25, 0.3) is 5.69 Å². The number of methoxy groups -OCH3 is 1. The van der Waals surface area contributed by atoms with Crippen molar-refractivity contribution in [3.8, 4) is 11.4 Å². The van der Waals surface area contributed by atoms with Crippen molar-refractivity contribution in [3.63, 3.8) is 0 Å². The van der Waals surface area contributed by atoms with E-state index in [0.29, 0.717) is 12.0 Å². The predicted octanol–water partition coefficient (Wildman–Crippen LogP) is 2.31. The average molecular weight is 390 g/mol. The molecular weight excluding hydrogens is 368 g/mol. The Balaban J connectivity index is 1.42. The van der Waals surface area contributed by atoms with Crippen molar-refractivity contribution in [2.24, 2.45) is 11.0 Å². The number of fused-ring (bicyclic) bond motifs is 6. The number of hydrogen-bond acceptors (Lipinski definition) is 7. The molecule has 29 heavy (non-hydrogen) atoms. The van der Waals surface area contributed by atoms with Crippen LogP contribution in [0.15, 0.2) is 48.1 Å². The maximum Gasteiger partial charge on any atom is 0.183 e. The lowest BCUT2D eigenvalue weighted by Gasteiger charge is -2.45. The summed E-state index contributed by atoms with van der Waals surface area (Å²) in [6, 6.07) is 8.25. The summed E-state index contributed by atoms with van der Waals surface area (Å²) in [5, 5.41) is 13.2. The van der Waals surface area contributed by atoms with Gasteiger partial charge in [-0.05, 0) is 37.1 Å². The molecule has 0 radical (unpaired) electrons. The Kier molecular flexibility index (Phi) is 3.62. The summed E-state index contributed by atoms with van der Waals surface area (Å²) in [5.74, 6) is 3.20. The first kappa shape index (κ1) is 16.6. The van der Waals surface area contributed by atoms with Gasteiger partial charge in [-0.25, -0.2) is 9.67 Å². The van der Waals surface area contributed by atoms with Crippen LogP contribution in [0.1, 0.15) is 37.4 Å². The molecule has 1 fully saturated rings. The number of hydrazone groups is 1. The summed E-state index contributed by atoms with van der Waals surface area (Å²) < 4.78 is 9.41. The van der Waals surface area contributed by atoms with Gasteiger partial charge in [0.2, 0.25) is 0 Å². The molecular formula is C20H22N8O. The molecule has 3 unspecified atom stereocenters. The van der Waals surface area contributed by atoms with Crippen LogP contribution < -0.4 is 15.1 Å². The fourth-order valence-electron chi connectivity index (χ4n) is 4.98. The minimum absolute atomic E-state index is 0.138. The molecule has 2 aliphatic heterocycles. The SMILES string of the molecule is COc1ccc(-n2nncc2C2=NNC3C4CCCCC4n4cncc4N23)cc1. The second-order valence-electron chi connectivity index (χ2n) is 7.78. The standard InChI is InChI=1S/C20H22N8O/c1-29-14-8-6-13(7-9-14)28-17(10-22-25-28)20-24-23-19-15-4-2-3-5-16(15)26-12-21-11-18(26)27(19)20/h6-12,15-16,19,23H,2-5H2,1H3. The Morgan fingerprint density at radius 1 is 1.10 bits per heavy atom. The van der Waals surface area contributed by atoms with Crippen molar-refractivity contribution < 1.29 is 4.74 Å². The Labute approximate surface area is 168 Å². The largest absolute Gasteiger partial charge is 0.497 e. The van der Waals surface area contributed by atoms with Gasteiger partial charge in [-0.1, -0.05) is 18.1 Å². The highest BCUT2D eigenvalue weighted by Crippen LogP contribution is 2.45. The van der Waals surface area contributed by atoms with Crippen LogP contribution in [-0.2, 0) is 0 Å². The van der Waals surface area contributed by atoms with E-state index in [-0.39, 0.29) is 6.17 Å². The highest BCUT2D eigenvalue weighted by molar-refractivity contribution is 6.10. The van der Waals surface area contributed by atoms with Crippen LogP contribution in [0.5, 0.6) is 5.75 Å². The van der Waals surface area contributed by atoms with E-state index in [1.165, 1.54) is 25.7 Å². The molecule has 148 valence electrons. The van der Waals surface area contributed by atoms with Crippen LogP contribution >= 0.6 is 0 Å². The number of aromatic nitrogens is 5. The summed E-state index contributed by atoms with van der Waals surface area (Å²) in [5.41, 5.74) is 5.16. The maximum absolute atomic E-state index is 5.27. The van der Waals surface area contributed by atoms with Crippen molar-refractivity contribution in [1.29, 1.82) is 0 Å². The van der Waals surface area contributed by atoms with E-state index in [2.05, 4.69) is 30.2 Å². The topological polar surface area (TPSA) is 85.4 Å². The number of nitrogens with one attached hydrogen (secondary N) is 1. The van der Waals surface area contributed by atoms with E-state index < -0.39 is 0 Å². The zero-order chi connectivity index (χ0) is 19.4. The van der Waals surface area contributed by atoms with E-state index in [1.807, 2.05) is 41.5 Å². The van der Waals surface area contributed by atoms with E-state index in [1.54, 1.807) is 13.3 Å². The van der Waals surface area contributed by atoms with Gasteiger partial charge in [-0.3, -0.25) is 10.3 Å². The van der Waals surface area contributed by atoms with Gasteiger partial charge in [-0.2, -0.15) is 5.10 Å². The Bertz CT molecular complexity index is 1070. The predicted molar refractivity (Wildman–Crippen MR) is 107 cm³/mol. The summed E-state index contributed by atoms with van der Waals surface area (Å²) >= 11 is 0. The van der Waals surface area contributed by atoms with Gasteiger partial charge in [-0.15, -0.1) is 5.10 Å². The molecule has 3 aliphatic rings. The summed E-state index contributed by atoms with van der Waals surface area (Å²) in [4.78, 5) is 6.72. The number of ether oxygens (including phenoxy) is 1. The molecule has 4 heterocycles. The Hall–Kier alpha value is -3.36. The highest BCUT2D eigenvalue weighted by Gasteiger charge is 2.47. The third-order valence-electron chi connectivity index (χ3n) is 6.34. The number of nitrogens with zero attached hydrogens (tertiary/aromatic N) is 7. The average Bonchev–Trinajstić information content (AvgIpc) is 3.52. The number of benzene rings is 1. The van der Waals surface area contributed by atoms with E-state index in [9.17, 15) is 0 Å². The fraction of sp³-hybridized carbons (Fsp3) is 0.400. The van der Waals surface area contributed by atoms with Crippen LogP contribution in [0.2, 0.25) is 0 Å². The zero-order valence-electron chi connectivity index (χ0n) is 16.1. The fourth-order valence-corrected chi connectivity index (χ4v) is 4.98. The zero-order valence-corrected chi connectivity index (χ0v) is 16.1. The second kappa shape index (κ2) is 6.33. The smallest absolute Gasteiger partial charge is 0.183 e. The number of hydrogen-bond donors (Lipinski definition) is 1. The first-order chi connectivity index (χ1) is 14.3. The number of rotatable bonds is 3. The molecule has 1 saturated carbocycles. The summed E-state index contributed by atoms with van der Waals surface area (Å²) in [6.45, 7) is 0. The second-order valence-corrected chi connectivity index (χ2v) is 7.78. The van der Waals surface area contributed by atoms with Crippen LogP contribution in [-0.4, -0.2) is 43.7 Å². The van der Waals surface area contributed by atoms with Crippen LogP contribution in [0.4, 0.5) is 5.82 Å². The highest BCUT2D eigenvalue weighted by atomic mass is 16.5. The molecule has 0 saturated heterocycles. The van der Waals surface area contributed by atoms with Crippen molar-refractivity contribution in [2.75, 3.05) is 12.0 Å². The van der Waals surface area contributed by atoms with E-state index in [4.69, 9.17) is 9.84 Å². The van der Waals surface area contributed by atoms with Gasteiger partial charge in [0, 0.05) is 12.0 Å². The third-order valence-corrected chi connectivity index (χ3v) is 6.34. The van der Waals surface area contributed by atoms with E-state index in [0.717, 1.165) is 28.8 Å². The first-order valence-corrected chi connectivity index (χ1v) is 10.0. The molecule has 0 amide bonds. The first-order valence-electron chi connectivity index (χ1n) is 10.0. The monoisotopic (exact) mass is 390 g/mol. The molecule has 3 atom stereocenters. The minimum atomic E-state index is 0.138. The van der Waals surface area contributed by atoms with Gasteiger partial charge in [0.05, 0.1) is 31.5 Å². The lowest BCUT2D eigenvalue weighted by atomic mass is 9.80. The lowest BCUT2D eigenvalue weighted by molar-refractivity contribution is 0.176. The normalized spacial score (nSPS) is 24.9. The molecule has 9 nitrogen and oxygen atoms in total. The molecule has 2 aromatic heterocycles. The number of anilines is 1. The third kappa shape index (κ3) is 2.39. The molecule has 0 bridgehead atoms. The summed E-state index contributed by atoms with van der Waals surface area (Å²) in [7, 11) is 1.66. The Morgan fingerprint density at radius 2 is 1.97 bits per heavy atom. The molecule has 1 N–H and O–H groups in total. The Morgan fingerprint density at radius 3 is 2.83 bits per heavy atom. The van der Waals surface area contributed by atoms with Gasteiger partial charge >= 0.3 is 0 Å². The van der Waals surface area contributed by atoms with Gasteiger partial charge < -0.3 is 9.30 Å².